The highest BCUT2D eigenvalue weighted by Crippen LogP contribution is 2.25. The Labute approximate surface area is 115 Å². The minimum atomic E-state index is 0.392. The van der Waals surface area contributed by atoms with Crippen molar-refractivity contribution in [3.8, 4) is 11.8 Å². The van der Waals surface area contributed by atoms with Gasteiger partial charge in [-0.15, -0.1) is 10.2 Å². The predicted molar refractivity (Wildman–Crippen MR) is 76.6 cm³/mol. The first-order valence-corrected chi connectivity index (χ1v) is 7.29. The molecule has 1 aromatic carbocycles. The lowest BCUT2D eigenvalue weighted by Crippen LogP contribution is -1.93. The summed E-state index contributed by atoms with van der Waals surface area (Å²) < 4.78 is 1.01. The van der Waals surface area contributed by atoms with Crippen LogP contribution in [0.15, 0.2) is 28.6 Å². The molecule has 0 aliphatic carbocycles. The summed E-state index contributed by atoms with van der Waals surface area (Å²) in [6.45, 7) is 2.35. The maximum atomic E-state index is 5.36. The summed E-state index contributed by atoms with van der Waals surface area (Å²) in [6, 6.07) is 8.19. The highest BCUT2D eigenvalue weighted by atomic mass is 32.2. The van der Waals surface area contributed by atoms with Crippen molar-refractivity contribution in [1.29, 1.82) is 0 Å². The van der Waals surface area contributed by atoms with Crippen LogP contribution >= 0.6 is 23.1 Å². The molecule has 2 N–H and O–H groups in total. The van der Waals surface area contributed by atoms with Crippen molar-refractivity contribution in [2.45, 2.75) is 17.0 Å². The molecule has 0 saturated heterocycles. The SMILES string of the molecule is Cc1nnc(SCc2cccc(C#CCN)c2)s1. The van der Waals surface area contributed by atoms with E-state index >= 15 is 0 Å². The lowest BCUT2D eigenvalue weighted by Gasteiger charge is -1.99. The molecule has 0 amide bonds. The molecule has 0 aliphatic rings. The van der Waals surface area contributed by atoms with Crippen LogP contribution in [0.5, 0.6) is 0 Å². The van der Waals surface area contributed by atoms with Crippen LogP contribution in [0.3, 0.4) is 0 Å². The van der Waals surface area contributed by atoms with E-state index in [1.165, 1.54) is 5.56 Å². The van der Waals surface area contributed by atoms with Gasteiger partial charge >= 0.3 is 0 Å². The zero-order valence-corrected chi connectivity index (χ0v) is 11.6. The van der Waals surface area contributed by atoms with Crippen LogP contribution in [0.2, 0.25) is 0 Å². The summed E-state index contributed by atoms with van der Waals surface area (Å²) in [4.78, 5) is 0. The van der Waals surface area contributed by atoms with E-state index in [9.17, 15) is 0 Å². The standard InChI is InChI=1S/C13H13N3S2/c1-10-15-16-13(18-10)17-9-12-5-2-4-11(8-12)6-3-7-14/h2,4-5,8H,7,9,14H2,1H3. The molecule has 5 heteroatoms. The molecule has 0 saturated carbocycles. The van der Waals surface area contributed by atoms with E-state index < -0.39 is 0 Å². The summed E-state index contributed by atoms with van der Waals surface area (Å²) in [5, 5.41) is 9.09. The second-order valence-electron chi connectivity index (χ2n) is 3.58. The molecule has 1 heterocycles. The second-order valence-corrected chi connectivity index (χ2v) is 5.99. The van der Waals surface area contributed by atoms with Gasteiger partial charge in [0.05, 0.1) is 6.54 Å². The van der Waals surface area contributed by atoms with Gasteiger partial charge in [0.25, 0.3) is 0 Å². The van der Waals surface area contributed by atoms with Gasteiger partial charge in [0.15, 0.2) is 4.34 Å². The van der Waals surface area contributed by atoms with E-state index in [1.807, 2.05) is 19.1 Å². The van der Waals surface area contributed by atoms with Crippen LogP contribution in [0.1, 0.15) is 16.1 Å². The van der Waals surface area contributed by atoms with Crippen molar-refractivity contribution in [2.75, 3.05) is 6.54 Å². The summed E-state index contributed by atoms with van der Waals surface area (Å²) in [5.41, 5.74) is 7.60. The maximum Gasteiger partial charge on any atom is 0.174 e. The molecule has 2 rings (SSSR count). The van der Waals surface area contributed by atoms with E-state index in [1.54, 1.807) is 23.1 Å². The highest BCUT2D eigenvalue weighted by molar-refractivity contribution is 8.00. The number of rotatable bonds is 3. The number of nitrogens with zero attached hydrogens (tertiary/aromatic N) is 2. The quantitative estimate of drug-likeness (QED) is 0.690. The van der Waals surface area contributed by atoms with Crippen molar-refractivity contribution >= 4 is 23.1 Å². The zero-order valence-electron chi connectivity index (χ0n) is 10.0. The topological polar surface area (TPSA) is 51.8 Å². The minimum Gasteiger partial charge on any atom is -0.320 e. The average Bonchev–Trinajstić information content (AvgIpc) is 2.80. The lowest BCUT2D eigenvalue weighted by atomic mass is 10.1. The van der Waals surface area contributed by atoms with E-state index in [4.69, 9.17) is 5.73 Å². The van der Waals surface area contributed by atoms with E-state index in [0.717, 1.165) is 20.7 Å². The molecule has 0 aliphatic heterocycles. The molecule has 3 nitrogen and oxygen atoms in total. The smallest absolute Gasteiger partial charge is 0.174 e. The Kier molecular flexibility index (Phi) is 4.76. The minimum absolute atomic E-state index is 0.392. The molecule has 0 fully saturated rings. The summed E-state index contributed by atoms with van der Waals surface area (Å²) in [7, 11) is 0. The zero-order chi connectivity index (χ0) is 12.8. The van der Waals surface area contributed by atoms with Crippen molar-refractivity contribution in [3.63, 3.8) is 0 Å². The Bertz CT molecular complexity index is 581. The third kappa shape index (κ3) is 3.84. The number of hydrogen-bond acceptors (Lipinski definition) is 5. The van der Waals surface area contributed by atoms with Crippen LogP contribution in [0.25, 0.3) is 0 Å². The maximum absolute atomic E-state index is 5.36. The third-order valence-corrected chi connectivity index (χ3v) is 4.17. The van der Waals surface area contributed by atoms with E-state index in [0.29, 0.717) is 6.54 Å². The first-order valence-electron chi connectivity index (χ1n) is 5.48. The molecule has 0 bridgehead atoms. The van der Waals surface area contributed by atoms with Crippen LogP contribution < -0.4 is 5.73 Å². The number of aryl methyl sites for hydroxylation is 1. The predicted octanol–water partition coefficient (Wildman–Crippen LogP) is 2.45. The number of nitrogens with two attached hydrogens (primary N) is 1. The number of aromatic nitrogens is 2. The average molecular weight is 275 g/mol. The van der Waals surface area contributed by atoms with Gasteiger partial charge in [-0.1, -0.05) is 47.1 Å². The molecule has 1 aromatic heterocycles. The molecule has 18 heavy (non-hydrogen) atoms. The van der Waals surface area contributed by atoms with Crippen molar-refractivity contribution in [2.24, 2.45) is 5.73 Å². The first-order chi connectivity index (χ1) is 8.78. The summed E-state index contributed by atoms with van der Waals surface area (Å²) in [6.07, 6.45) is 0. The molecule has 0 spiro atoms. The molecule has 0 atom stereocenters. The number of hydrogen-bond donors (Lipinski definition) is 1. The van der Waals surface area contributed by atoms with Crippen molar-refractivity contribution in [1.82, 2.24) is 10.2 Å². The monoisotopic (exact) mass is 275 g/mol. The Balaban J connectivity index is 2.01. The summed E-state index contributed by atoms with van der Waals surface area (Å²) >= 11 is 3.32. The van der Waals surface area contributed by atoms with Crippen LogP contribution in [0.4, 0.5) is 0 Å². The summed E-state index contributed by atoms with van der Waals surface area (Å²) in [5.74, 6) is 6.78. The van der Waals surface area contributed by atoms with Gasteiger partial charge < -0.3 is 5.73 Å². The van der Waals surface area contributed by atoms with E-state index in [2.05, 4.69) is 34.2 Å². The fourth-order valence-electron chi connectivity index (χ4n) is 1.37. The van der Waals surface area contributed by atoms with Gasteiger partial charge in [-0.25, -0.2) is 0 Å². The Hall–Kier alpha value is -1.35. The van der Waals surface area contributed by atoms with Gasteiger partial charge in [0.1, 0.15) is 5.01 Å². The Morgan fingerprint density at radius 3 is 3.00 bits per heavy atom. The molecular weight excluding hydrogens is 262 g/mol. The number of benzene rings is 1. The second kappa shape index (κ2) is 6.55. The van der Waals surface area contributed by atoms with E-state index in [-0.39, 0.29) is 0 Å². The Morgan fingerprint density at radius 1 is 1.39 bits per heavy atom. The molecule has 2 aromatic rings. The largest absolute Gasteiger partial charge is 0.320 e. The highest BCUT2D eigenvalue weighted by Gasteiger charge is 2.02. The lowest BCUT2D eigenvalue weighted by molar-refractivity contribution is 0.983. The van der Waals surface area contributed by atoms with Crippen molar-refractivity contribution in [3.05, 3.63) is 40.4 Å². The molecular formula is C13H13N3S2. The number of thioether (sulfide) groups is 1. The van der Waals surface area contributed by atoms with Crippen LogP contribution in [-0.2, 0) is 5.75 Å². The van der Waals surface area contributed by atoms with Crippen molar-refractivity contribution < 1.29 is 0 Å². The van der Waals surface area contributed by atoms with Gasteiger partial charge in [-0.05, 0) is 24.6 Å². The van der Waals surface area contributed by atoms with Gasteiger partial charge in [0, 0.05) is 11.3 Å². The van der Waals surface area contributed by atoms with Crippen LogP contribution in [-0.4, -0.2) is 16.7 Å². The fraction of sp³-hybridized carbons (Fsp3) is 0.231. The fourth-order valence-corrected chi connectivity index (χ4v) is 3.13. The molecule has 0 unspecified atom stereocenters. The van der Waals surface area contributed by atoms with Gasteiger partial charge in [0.2, 0.25) is 0 Å². The van der Waals surface area contributed by atoms with Gasteiger partial charge in [-0.2, -0.15) is 0 Å². The van der Waals surface area contributed by atoms with Crippen LogP contribution in [0, 0.1) is 18.8 Å². The Morgan fingerprint density at radius 2 is 2.28 bits per heavy atom. The molecule has 92 valence electrons. The molecule has 0 radical (unpaired) electrons. The first kappa shape index (κ1) is 13.1. The third-order valence-electron chi connectivity index (χ3n) is 2.13. The van der Waals surface area contributed by atoms with Gasteiger partial charge in [-0.3, -0.25) is 0 Å². The normalized spacial score (nSPS) is 9.89.